The smallest absolute Gasteiger partial charge is 0.261 e. The molecule has 28 heavy (non-hydrogen) atoms. The third-order valence-corrected chi connectivity index (χ3v) is 5.41. The minimum atomic E-state index is -0.559. The Kier molecular flexibility index (Phi) is 9.02. The van der Waals surface area contributed by atoms with Crippen LogP contribution in [0.4, 0.5) is 0 Å². The van der Waals surface area contributed by atoms with Crippen LogP contribution in [0.2, 0.25) is 0 Å². The maximum Gasteiger partial charge on any atom is 0.261 e. The Bertz CT molecular complexity index is 600. The fraction of sp³-hybridized carbons (Fsp3) is 0.667. The monoisotopic (exact) mass is 394 g/mol. The highest BCUT2D eigenvalue weighted by Crippen LogP contribution is 2.36. The van der Waals surface area contributed by atoms with Gasteiger partial charge in [-0.2, -0.15) is 0 Å². The van der Waals surface area contributed by atoms with E-state index >= 15 is 0 Å². The number of amides is 1. The summed E-state index contributed by atoms with van der Waals surface area (Å²) in [6.07, 6.45) is 4.91. The van der Waals surface area contributed by atoms with E-state index in [1.807, 2.05) is 4.90 Å². The molecular weight excluding hydrogens is 360 g/mol. The number of unbranched alkanes of at least 4 members (excludes halogenated alkanes) is 1. The number of likely N-dealkylation sites (tertiary alicyclic amines) is 1. The van der Waals surface area contributed by atoms with Gasteiger partial charge in [0.15, 0.2) is 6.29 Å². The van der Waals surface area contributed by atoms with Gasteiger partial charge >= 0.3 is 0 Å². The molecule has 1 aliphatic heterocycles. The topological polar surface area (TPSA) is 83.2 Å². The Morgan fingerprint density at radius 1 is 1.07 bits per heavy atom. The summed E-state index contributed by atoms with van der Waals surface area (Å²) in [5.74, 6) is 1.53. The number of piperidine rings is 1. The van der Waals surface area contributed by atoms with E-state index in [0.29, 0.717) is 23.0 Å². The number of rotatable bonds is 10. The summed E-state index contributed by atoms with van der Waals surface area (Å²) in [7, 11) is 6.22. The Morgan fingerprint density at radius 2 is 1.64 bits per heavy atom. The largest absolute Gasteiger partial charge is 0.496 e. The van der Waals surface area contributed by atoms with Crippen molar-refractivity contribution in [1.29, 1.82) is 0 Å². The zero-order valence-corrected chi connectivity index (χ0v) is 17.5. The van der Waals surface area contributed by atoms with E-state index in [4.69, 9.17) is 24.7 Å². The maximum atomic E-state index is 13.2. The highest BCUT2D eigenvalue weighted by Gasteiger charge is 2.29. The van der Waals surface area contributed by atoms with Crippen molar-refractivity contribution in [1.82, 2.24) is 4.90 Å². The maximum absolute atomic E-state index is 13.2. The third-order valence-electron chi connectivity index (χ3n) is 5.41. The van der Waals surface area contributed by atoms with E-state index in [1.54, 1.807) is 40.6 Å². The Balaban J connectivity index is 2.16. The lowest BCUT2D eigenvalue weighted by atomic mass is 9.91. The van der Waals surface area contributed by atoms with Gasteiger partial charge in [0.05, 0.1) is 14.2 Å². The number of hydrogen-bond acceptors (Lipinski definition) is 6. The van der Waals surface area contributed by atoms with Gasteiger partial charge in [-0.05, 0) is 43.9 Å². The number of nitrogens with zero attached hydrogens (tertiary/aromatic N) is 1. The van der Waals surface area contributed by atoms with Gasteiger partial charge in [-0.25, -0.2) is 0 Å². The molecule has 1 saturated heterocycles. The second kappa shape index (κ2) is 11.2. The number of ether oxygens (including phenoxy) is 4. The number of benzene rings is 1. The molecular formula is C21H34N2O5. The molecule has 1 aliphatic rings. The van der Waals surface area contributed by atoms with Crippen LogP contribution in [0.25, 0.3) is 0 Å². The second-order valence-corrected chi connectivity index (χ2v) is 7.12. The lowest BCUT2D eigenvalue weighted by Crippen LogP contribution is -2.38. The van der Waals surface area contributed by atoms with Crippen LogP contribution in [0.5, 0.6) is 11.5 Å². The molecule has 1 aromatic rings. The molecule has 2 rings (SSSR count). The molecule has 0 unspecified atom stereocenters. The molecule has 1 fully saturated rings. The van der Waals surface area contributed by atoms with Crippen LogP contribution in [0, 0.1) is 5.92 Å². The van der Waals surface area contributed by atoms with E-state index in [2.05, 4.69) is 0 Å². The summed E-state index contributed by atoms with van der Waals surface area (Å²) >= 11 is 0. The molecule has 1 heterocycles. The predicted octanol–water partition coefficient (Wildman–Crippen LogP) is 2.98. The van der Waals surface area contributed by atoms with Gasteiger partial charge in [-0.15, -0.1) is 0 Å². The fourth-order valence-corrected chi connectivity index (χ4v) is 3.81. The average molecular weight is 395 g/mol. The van der Waals surface area contributed by atoms with Crippen LogP contribution in [0.3, 0.4) is 0 Å². The molecule has 0 radical (unpaired) electrons. The molecule has 0 spiro atoms. The van der Waals surface area contributed by atoms with Gasteiger partial charge in [-0.3, -0.25) is 4.79 Å². The summed E-state index contributed by atoms with van der Waals surface area (Å²) in [4.78, 5) is 15.1. The van der Waals surface area contributed by atoms with Gasteiger partial charge in [0, 0.05) is 32.9 Å². The number of carbonyl (C=O) groups excluding carboxylic acids is 1. The first-order valence-corrected chi connectivity index (χ1v) is 9.90. The van der Waals surface area contributed by atoms with E-state index in [0.717, 1.165) is 44.5 Å². The first-order chi connectivity index (χ1) is 13.6. The first-order valence-electron chi connectivity index (χ1n) is 9.90. The molecule has 0 saturated carbocycles. The molecule has 0 atom stereocenters. The molecule has 1 aromatic carbocycles. The SMILES string of the molecule is COc1cc(C(OC)OC)cc(OC)c1C(=O)N1CCC(CCCCN)CC1. The van der Waals surface area contributed by atoms with Crippen LogP contribution in [-0.2, 0) is 9.47 Å². The van der Waals surface area contributed by atoms with Crippen molar-refractivity contribution in [3.63, 3.8) is 0 Å². The second-order valence-electron chi connectivity index (χ2n) is 7.12. The molecule has 0 bridgehead atoms. The quantitative estimate of drug-likeness (QED) is 0.485. The van der Waals surface area contributed by atoms with Crippen LogP contribution < -0.4 is 15.2 Å². The van der Waals surface area contributed by atoms with Crippen molar-refractivity contribution < 1.29 is 23.7 Å². The summed E-state index contributed by atoms with van der Waals surface area (Å²) in [5.41, 5.74) is 6.76. The van der Waals surface area contributed by atoms with Gasteiger partial charge in [-0.1, -0.05) is 12.8 Å². The number of methoxy groups -OCH3 is 4. The number of carbonyl (C=O) groups is 1. The van der Waals surface area contributed by atoms with E-state index in [9.17, 15) is 4.79 Å². The zero-order chi connectivity index (χ0) is 20.5. The highest BCUT2D eigenvalue weighted by molar-refractivity contribution is 6.00. The van der Waals surface area contributed by atoms with Gasteiger partial charge in [0.25, 0.3) is 5.91 Å². The van der Waals surface area contributed by atoms with E-state index in [1.165, 1.54) is 12.8 Å². The summed E-state index contributed by atoms with van der Waals surface area (Å²) in [6, 6.07) is 3.54. The molecule has 2 N–H and O–H groups in total. The van der Waals surface area contributed by atoms with Crippen molar-refractivity contribution in [2.75, 3.05) is 48.1 Å². The van der Waals surface area contributed by atoms with E-state index in [-0.39, 0.29) is 5.91 Å². The molecule has 1 amide bonds. The zero-order valence-electron chi connectivity index (χ0n) is 17.5. The predicted molar refractivity (Wildman–Crippen MR) is 108 cm³/mol. The number of hydrogen-bond donors (Lipinski definition) is 1. The highest BCUT2D eigenvalue weighted by atomic mass is 16.7. The fourth-order valence-electron chi connectivity index (χ4n) is 3.81. The molecule has 0 aliphatic carbocycles. The van der Waals surface area contributed by atoms with Gasteiger partial charge in [0.1, 0.15) is 17.1 Å². The summed E-state index contributed by atoms with van der Waals surface area (Å²) in [5, 5.41) is 0. The van der Waals surface area contributed by atoms with Crippen LogP contribution in [-0.4, -0.2) is 58.9 Å². The molecule has 158 valence electrons. The van der Waals surface area contributed by atoms with Crippen molar-refractivity contribution in [2.24, 2.45) is 11.7 Å². The van der Waals surface area contributed by atoms with Crippen molar-refractivity contribution in [3.8, 4) is 11.5 Å². The molecule has 0 aromatic heterocycles. The lowest BCUT2D eigenvalue weighted by molar-refractivity contribution is -0.106. The first kappa shape index (κ1) is 22.5. The van der Waals surface area contributed by atoms with Gasteiger partial charge in [0.2, 0.25) is 0 Å². The Hall–Kier alpha value is -1.83. The lowest BCUT2D eigenvalue weighted by Gasteiger charge is -2.33. The standard InChI is InChI=1S/C21H34N2O5/c1-25-17-13-16(21(27-3)28-4)14-18(26-2)19(17)20(24)23-11-8-15(9-12-23)7-5-6-10-22/h13-15,21H,5-12,22H2,1-4H3. The Labute approximate surface area is 168 Å². The van der Waals surface area contributed by atoms with Crippen LogP contribution in [0.15, 0.2) is 12.1 Å². The minimum absolute atomic E-state index is 0.0629. The van der Waals surface area contributed by atoms with Crippen LogP contribution >= 0.6 is 0 Å². The normalized spacial score (nSPS) is 15.1. The molecule has 7 heteroatoms. The molecule has 7 nitrogen and oxygen atoms in total. The average Bonchev–Trinajstić information content (AvgIpc) is 2.74. The third kappa shape index (κ3) is 5.37. The van der Waals surface area contributed by atoms with Crippen molar-refractivity contribution >= 4 is 5.91 Å². The minimum Gasteiger partial charge on any atom is -0.496 e. The number of nitrogens with two attached hydrogens (primary N) is 1. The van der Waals surface area contributed by atoms with Gasteiger partial charge < -0.3 is 29.6 Å². The summed E-state index contributed by atoms with van der Waals surface area (Å²) < 4.78 is 21.7. The summed E-state index contributed by atoms with van der Waals surface area (Å²) in [6.45, 7) is 2.25. The van der Waals surface area contributed by atoms with Crippen LogP contribution in [0.1, 0.15) is 54.3 Å². The Morgan fingerprint density at radius 3 is 2.11 bits per heavy atom. The van der Waals surface area contributed by atoms with Crippen molar-refractivity contribution in [3.05, 3.63) is 23.3 Å². The van der Waals surface area contributed by atoms with Crippen molar-refractivity contribution in [2.45, 2.75) is 38.4 Å². The van der Waals surface area contributed by atoms with E-state index < -0.39 is 6.29 Å².